The maximum absolute atomic E-state index is 12.2. The van der Waals surface area contributed by atoms with Crippen LogP contribution in [0, 0.1) is 0 Å². The van der Waals surface area contributed by atoms with Gasteiger partial charge in [-0.05, 0) is 12.0 Å². The molecule has 0 spiro atoms. The lowest BCUT2D eigenvalue weighted by Gasteiger charge is -2.17. The van der Waals surface area contributed by atoms with Gasteiger partial charge in [-0.3, -0.25) is 9.69 Å². The molecular weight excluding hydrogens is 318 g/mol. The number of likely N-dealkylation sites (tertiary alicyclic amines) is 1. The Morgan fingerprint density at radius 1 is 1.24 bits per heavy atom. The quantitative estimate of drug-likeness (QED) is 0.774. The van der Waals surface area contributed by atoms with Crippen LogP contribution in [0.4, 0.5) is 5.82 Å². The molecule has 7 heteroatoms. The maximum Gasteiger partial charge on any atom is 0.278 e. The Kier molecular flexibility index (Phi) is 4.30. The van der Waals surface area contributed by atoms with Crippen molar-refractivity contribution in [1.82, 2.24) is 19.8 Å². The van der Waals surface area contributed by atoms with Crippen LogP contribution in [0.25, 0.3) is 0 Å². The summed E-state index contributed by atoms with van der Waals surface area (Å²) in [5.41, 5.74) is 1.56. The summed E-state index contributed by atoms with van der Waals surface area (Å²) in [7, 11) is 0. The smallest absolute Gasteiger partial charge is 0.278 e. The number of aromatic nitrogens is 3. The van der Waals surface area contributed by atoms with Crippen LogP contribution in [0.5, 0.6) is 0 Å². The van der Waals surface area contributed by atoms with Gasteiger partial charge < -0.3 is 9.84 Å². The highest BCUT2D eigenvalue weighted by Crippen LogP contribution is 2.26. The molecule has 0 aliphatic carbocycles. The zero-order valence-electron chi connectivity index (χ0n) is 13.7. The van der Waals surface area contributed by atoms with Crippen LogP contribution >= 0.6 is 0 Å². The number of nitrogens with one attached hydrogen (secondary N) is 1. The molecule has 4 rings (SSSR count). The van der Waals surface area contributed by atoms with Crippen LogP contribution in [0.3, 0.4) is 0 Å². The standard InChI is InChI=1S/C18H19N5O2/c24-18(16-8-11-25-21-16)20-17-6-9-19-23(17)15-7-10-22(13-15)12-14-4-2-1-3-5-14/h1-6,8-9,11,15H,7,10,12-13H2,(H,20,24). The average Bonchev–Trinajstić information content (AvgIpc) is 3.37. The number of benzene rings is 1. The average molecular weight is 337 g/mol. The molecule has 1 amide bonds. The fourth-order valence-corrected chi connectivity index (χ4v) is 3.21. The van der Waals surface area contributed by atoms with E-state index in [1.807, 2.05) is 10.7 Å². The second-order valence-electron chi connectivity index (χ2n) is 6.16. The molecule has 3 aromatic rings. The van der Waals surface area contributed by atoms with Gasteiger partial charge in [-0.1, -0.05) is 35.5 Å². The second-order valence-corrected chi connectivity index (χ2v) is 6.16. The van der Waals surface area contributed by atoms with E-state index in [-0.39, 0.29) is 17.6 Å². The number of carbonyl (C=O) groups excluding carboxylic acids is 1. The van der Waals surface area contributed by atoms with Crippen molar-refractivity contribution in [1.29, 1.82) is 0 Å². The van der Waals surface area contributed by atoms with Gasteiger partial charge in [0.1, 0.15) is 12.1 Å². The zero-order valence-corrected chi connectivity index (χ0v) is 13.7. The number of anilines is 1. The first-order chi connectivity index (χ1) is 12.3. The van der Waals surface area contributed by atoms with Gasteiger partial charge in [0.05, 0.1) is 12.2 Å². The summed E-state index contributed by atoms with van der Waals surface area (Å²) >= 11 is 0. The van der Waals surface area contributed by atoms with E-state index in [9.17, 15) is 4.79 Å². The van der Waals surface area contributed by atoms with Crippen LogP contribution in [-0.4, -0.2) is 38.8 Å². The Hall–Kier alpha value is -2.93. The van der Waals surface area contributed by atoms with Crippen molar-refractivity contribution in [2.45, 2.75) is 19.0 Å². The summed E-state index contributed by atoms with van der Waals surface area (Å²) in [5.74, 6) is 0.384. The number of rotatable bonds is 5. The maximum atomic E-state index is 12.2. The topological polar surface area (TPSA) is 76.2 Å². The number of hydrogen-bond acceptors (Lipinski definition) is 5. The van der Waals surface area contributed by atoms with E-state index in [1.165, 1.54) is 17.9 Å². The van der Waals surface area contributed by atoms with Crippen molar-refractivity contribution < 1.29 is 9.32 Å². The van der Waals surface area contributed by atoms with Crippen LogP contribution < -0.4 is 5.32 Å². The third-order valence-corrected chi connectivity index (χ3v) is 4.42. The molecule has 0 radical (unpaired) electrons. The van der Waals surface area contributed by atoms with Crippen molar-refractivity contribution in [2.24, 2.45) is 0 Å². The minimum Gasteiger partial charge on any atom is -0.364 e. The van der Waals surface area contributed by atoms with Crippen molar-refractivity contribution in [3.05, 3.63) is 66.2 Å². The van der Waals surface area contributed by atoms with Gasteiger partial charge in [-0.15, -0.1) is 0 Å². The minimum atomic E-state index is -0.297. The Balaban J connectivity index is 1.41. The van der Waals surface area contributed by atoms with Gasteiger partial charge in [0.15, 0.2) is 5.69 Å². The molecule has 1 aliphatic rings. The van der Waals surface area contributed by atoms with Gasteiger partial charge >= 0.3 is 0 Å². The molecule has 0 bridgehead atoms. The minimum absolute atomic E-state index is 0.242. The van der Waals surface area contributed by atoms with Crippen molar-refractivity contribution >= 4 is 11.7 Å². The van der Waals surface area contributed by atoms with E-state index < -0.39 is 0 Å². The first-order valence-electron chi connectivity index (χ1n) is 8.31. The SMILES string of the molecule is O=C(Nc1ccnn1C1CCN(Cc2ccccc2)C1)c1ccon1. The molecule has 25 heavy (non-hydrogen) atoms. The molecule has 7 nitrogen and oxygen atoms in total. The molecule has 1 unspecified atom stereocenters. The highest BCUT2D eigenvalue weighted by atomic mass is 16.5. The highest BCUT2D eigenvalue weighted by molar-refractivity contribution is 6.02. The predicted molar refractivity (Wildman–Crippen MR) is 92.1 cm³/mol. The largest absolute Gasteiger partial charge is 0.364 e. The lowest BCUT2D eigenvalue weighted by Crippen LogP contribution is -2.23. The third kappa shape index (κ3) is 3.46. The number of carbonyl (C=O) groups is 1. The van der Waals surface area contributed by atoms with Crippen LogP contribution in [0.1, 0.15) is 28.5 Å². The molecule has 3 heterocycles. The van der Waals surface area contributed by atoms with Gasteiger partial charge in [-0.2, -0.15) is 5.10 Å². The molecular formula is C18H19N5O2. The van der Waals surface area contributed by atoms with Crippen LogP contribution in [0.2, 0.25) is 0 Å². The molecule has 1 atom stereocenters. The molecule has 1 saturated heterocycles. The summed E-state index contributed by atoms with van der Waals surface area (Å²) in [6.45, 7) is 2.85. The Labute approximate surface area is 145 Å². The summed E-state index contributed by atoms with van der Waals surface area (Å²) in [4.78, 5) is 14.6. The number of hydrogen-bond donors (Lipinski definition) is 1. The van der Waals surface area contributed by atoms with Crippen LogP contribution in [-0.2, 0) is 6.54 Å². The molecule has 1 fully saturated rings. The fourth-order valence-electron chi connectivity index (χ4n) is 3.21. The first-order valence-corrected chi connectivity index (χ1v) is 8.31. The summed E-state index contributed by atoms with van der Waals surface area (Å²) < 4.78 is 6.61. The fraction of sp³-hybridized carbons (Fsp3) is 0.278. The Morgan fingerprint density at radius 3 is 2.92 bits per heavy atom. The van der Waals surface area contributed by atoms with Gasteiger partial charge in [0.25, 0.3) is 5.91 Å². The van der Waals surface area contributed by atoms with Gasteiger partial charge in [0, 0.05) is 31.8 Å². The van der Waals surface area contributed by atoms with E-state index >= 15 is 0 Å². The van der Waals surface area contributed by atoms with E-state index in [0.717, 1.165) is 26.1 Å². The monoisotopic (exact) mass is 337 g/mol. The summed E-state index contributed by atoms with van der Waals surface area (Å²) in [6.07, 6.45) is 4.09. The second kappa shape index (κ2) is 6.90. The highest BCUT2D eigenvalue weighted by Gasteiger charge is 2.26. The first kappa shape index (κ1) is 15.6. The molecule has 128 valence electrons. The molecule has 0 saturated carbocycles. The van der Waals surface area contributed by atoms with Gasteiger partial charge in [0.2, 0.25) is 0 Å². The lowest BCUT2D eigenvalue weighted by molar-refractivity contribution is 0.101. The normalized spacial score (nSPS) is 17.7. The zero-order chi connectivity index (χ0) is 17.1. The van der Waals surface area contributed by atoms with E-state index in [2.05, 4.69) is 44.7 Å². The van der Waals surface area contributed by atoms with Crippen molar-refractivity contribution in [2.75, 3.05) is 18.4 Å². The predicted octanol–water partition coefficient (Wildman–Crippen LogP) is 2.57. The Morgan fingerprint density at radius 2 is 2.12 bits per heavy atom. The van der Waals surface area contributed by atoms with Crippen LogP contribution in [0.15, 0.2) is 59.4 Å². The van der Waals surface area contributed by atoms with Crippen molar-refractivity contribution in [3.8, 4) is 0 Å². The molecule has 2 aromatic heterocycles. The third-order valence-electron chi connectivity index (χ3n) is 4.42. The number of nitrogens with zero attached hydrogens (tertiary/aromatic N) is 4. The molecule has 1 aliphatic heterocycles. The summed E-state index contributed by atoms with van der Waals surface area (Å²) in [6, 6.07) is 14.0. The molecule has 1 aromatic carbocycles. The van der Waals surface area contributed by atoms with Crippen molar-refractivity contribution in [3.63, 3.8) is 0 Å². The van der Waals surface area contributed by atoms with E-state index in [4.69, 9.17) is 4.52 Å². The lowest BCUT2D eigenvalue weighted by atomic mass is 10.2. The van der Waals surface area contributed by atoms with E-state index in [1.54, 1.807) is 12.3 Å². The molecule has 1 N–H and O–H groups in total. The summed E-state index contributed by atoms with van der Waals surface area (Å²) in [5, 5.41) is 10.9. The van der Waals surface area contributed by atoms with E-state index in [0.29, 0.717) is 5.82 Å². The number of amides is 1. The van der Waals surface area contributed by atoms with Gasteiger partial charge in [-0.25, -0.2) is 4.68 Å². The Bertz CT molecular complexity index is 828.